The van der Waals surface area contributed by atoms with Crippen molar-refractivity contribution >= 4 is 88.9 Å². The predicted octanol–water partition coefficient (Wildman–Crippen LogP) is 13.0. The van der Waals surface area contributed by atoms with E-state index in [9.17, 15) is 10.4 Å². The van der Waals surface area contributed by atoms with Gasteiger partial charge in [0.25, 0.3) is 0 Å². The molecular formula is C55H48BrClN12O3. The molecule has 0 spiro atoms. The van der Waals surface area contributed by atoms with Crippen LogP contribution in [0.3, 0.4) is 0 Å². The maximum atomic E-state index is 9.69. The Morgan fingerprint density at radius 2 is 1.03 bits per heavy atom. The summed E-state index contributed by atoms with van der Waals surface area (Å²) >= 11 is 9.08. The molecule has 0 amide bonds. The number of nitriles is 3. The number of fused-ring (bicyclic) bond motifs is 3. The average Bonchev–Trinajstić information content (AvgIpc) is 3.38. The van der Waals surface area contributed by atoms with E-state index in [1.54, 1.807) is 24.3 Å². The summed E-state index contributed by atoms with van der Waals surface area (Å²) in [4.78, 5) is 24.9. The minimum Gasteiger partial charge on any atom is -0.506 e. The highest BCUT2D eigenvalue weighted by molar-refractivity contribution is 9.09. The topological polar surface area (TPSA) is 248 Å². The average molecular weight is 1040 g/mol. The van der Waals surface area contributed by atoms with Gasteiger partial charge >= 0.3 is 0 Å². The van der Waals surface area contributed by atoms with E-state index in [1.807, 2.05) is 117 Å². The number of aromatic hydroxyl groups is 2. The first-order chi connectivity index (χ1) is 34.8. The number of halogens is 2. The highest BCUT2D eigenvalue weighted by Gasteiger charge is 2.09. The highest BCUT2D eigenvalue weighted by atomic mass is 79.9. The van der Waals surface area contributed by atoms with E-state index < -0.39 is 0 Å². The number of nitrogens with one attached hydrogen (secondary N) is 2. The van der Waals surface area contributed by atoms with Gasteiger partial charge in [-0.1, -0.05) is 81.2 Å². The van der Waals surface area contributed by atoms with Gasteiger partial charge in [-0.25, -0.2) is 29.9 Å². The Labute approximate surface area is 430 Å². The van der Waals surface area contributed by atoms with Gasteiger partial charge in [0.2, 0.25) is 0 Å². The molecule has 15 nitrogen and oxygen atoms in total. The fraction of sp³-hybridized carbons (Fsp3) is 0.109. The second kappa shape index (κ2) is 27.8. The van der Waals surface area contributed by atoms with Crippen molar-refractivity contribution in [3.05, 3.63) is 192 Å². The summed E-state index contributed by atoms with van der Waals surface area (Å²) in [5.74, 6) is 1.78. The van der Waals surface area contributed by atoms with Gasteiger partial charge in [0, 0.05) is 56.8 Å². The van der Waals surface area contributed by atoms with Crippen molar-refractivity contribution in [1.82, 2.24) is 29.9 Å². The zero-order valence-electron chi connectivity index (χ0n) is 39.6. The van der Waals surface area contributed by atoms with Gasteiger partial charge in [-0.05, 0) is 107 Å². The third kappa shape index (κ3) is 16.2. The van der Waals surface area contributed by atoms with Gasteiger partial charge in [-0.15, -0.1) is 0 Å². The fourth-order valence-corrected chi connectivity index (χ4v) is 6.92. The molecule has 0 atom stereocenters. The first kappa shape index (κ1) is 53.8. The molecule has 0 saturated heterocycles. The van der Waals surface area contributed by atoms with E-state index in [2.05, 4.69) is 82.5 Å². The number of phenols is 2. The summed E-state index contributed by atoms with van der Waals surface area (Å²) in [6.07, 6.45) is 8.57. The van der Waals surface area contributed by atoms with E-state index in [0.29, 0.717) is 46.1 Å². The third-order valence-electron chi connectivity index (χ3n) is 9.68. The number of alkyl halides is 1. The smallest absolute Gasteiger partial charge is 0.141 e. The maximum absolute atomic E-state index is 9.69. The maximum Gasteiger partial charge on any atom is 0.141 e. The van der Waals surface area contributed by atoms with Crippen LogP contribution in [0.15, 0.2) is 170 Å². The molecule has 6 aromatic carbocycles. The number of ether oxygens (including phenoxy) is 1. The van der Waals surface area contributed by atoms with Crippen LogP contribution in [0, 0.1) is 34.0 Å². The van der Waals surface area contributed by atoms with Crippen LogP contribution >= 0.6 is 27.5 Å². The molecule has 3 aromatic heterocycles. The molecule has 0 aliphatic heterocycles. The van der Waals surface area contributed by atoms with Gasteiger partial charge in [0.05, 0.1) is 33.2 Å². The van der Waals surface area contributed by atoms with Gasteiger partial charge in [-0.2, -0.15) is 15.8 Å². The van der Waals surface area contributed by atoms with E-state index >= 15 is 0 Å². The number of benzene rings is 6. The van der Waals surface area contributed by atoms with Gasteiger partial charge in [-0.3, -0.25) is 0 Å². The first-order valence-corrected chi connectivity index (χ1v) is 23.3. The number of nitrogens with zero attached hydrogens (tertiary/aromatic N) is 9. The summed E-state index contributed by atoms with van der Waals surface area (Å²) in [5, 5.41) is 55.7. The molecule has 17 heteroatoms. The Morgan fingerprint density at radius 1 is 0.583 bits per heavy atom. The van der Waals surface area contributed by atoms with Crippen LogP contribution in [0.5, 0.6) is 17.2 Å². The molecule has 6 N–H and O–H groups in total. The fourth-order valence-electron chi connectivity index (χ4n) is 6.07. The van der Waals surface area contributed by atoms with Crippen molar-refractivity contribution in [2.24, 2.45) is 0 Å². The predicted molar refractivity (Wildman–Crippen MR) is 290 cm³/mol. The number of nitrogen functional groups attached to an aromatic ring is 1. The summed E-state index contributed by atoms with van der Waals surface area (Å²) in [6, 6.07) is 43.5. The second-order valence-corrected chi connectivity index (χ2v) is 16.5. The molecule has 360 valence electrons. The SMILES string of the molecule is CC(C)=CCBr.CC(C)=CCOc1cc(Nc2ncnc3ccccc23)ccc1C#N.Clc1ncnc2ccccc12.N#Cc1ccc(N)cc1O.N#Cc1ccc(Nc2ncnc3ccccc23)cc1O. The largest absolute Gasteiger partial charge is 0.506 e. The number of phenolic OH excluding ortho intramolecular Hbond substituents is 2. The molecule has 0 aliphatic rings. The molecule has 0 bridgehead atoms. The summed E-state index contributed by atoms with van der Waals surface area (Å²) in [7, 11) is 0. The van der Waals surface area contributed by atoms with E-state index in [-0.39, 0.29) is 22.6 Å². The first-order valence-electron chi connectivity index (χ1n) is 21.8. The monoisotopic (exact) mass is 1040 g/mol. The lowest BCUT2D eigenvalue weighted by Crippen LogP contribution is -2.00. The van der Waals surface area contributed by atoms with Crippen LogP contribution in [0.25, 0.3) is 32.7 Å². The van der Waals surface area contributed by atoms with Crippen molar-refractivity contribution in [1.29, 1.82) is 15.8 Å². The molecule has 9 aromatic rings. The second-order valence-electron chi connectivity index (χ2n) is 15.5. The van der Waals surface area contributed by atoms with Crippen molar-refractivity contribution < 1.29 is 14.9 Å². The zero-order chi connectivity index (χ0) is 51.8. The lowest BCUT2D eigenvalue weighted by Gasteiger charge is -2.11. The van der Waals surface area contributed by atoms with Crippen LogP contribution < -0.4 is 21.1 Å². The number of hydrogen-bond acceptors (Lipinski definition) is 15. The van der Waals surface area contributed by atoms with Crippen molar-refractivity contribution in [3.8, 4) is 35.5 Å². The molecule has 9 rings (SSSR count). The van der Waals surface area contributed by atoms with Gasteiger partial charge in [0.1, 0.15) is 77.8 Å². The van der Waals surface area contributed by atoms with Crippen LogP contribution in [0.4, 0.5) is 28.7 Å². The Balaban J connectivity index is 0.000000181. The number of anilines is 5. The highest BCUT2D eigenvalue weighted by Crippen LogP contribution is 2.29. The quantitative estimate of drug-likeness (QED) is 0.0411. The Bertz CT molecular complexity index is 3450. The lowest BCUT2D eigenvalue weighted by atomic mass is 10.2. The number of aromatic nitrogens is 6. The number of rotatable bonds is 8. The normalized spacial score (nSPS) is 9.76. The number of allylic oxidation sites excluding steroid dienone is 3. The molecule has 0 radical (unpaired) electrons. The van der Waals surface area contributed by atoms with Crippen LogP contribution in [0.2, 0.25) is 5.15 Å². The zero-order valence-corrected chi connectivity index (χ0v) is 41.9. The summed E-state index contributed by atoms with van der Waals surface area (Å²) in [6.45, 7) is 8.61. The lowest BCUT2D eigenvalue weighted by molar-refractivity contribution is 0.361. The number of nitrogens with two attached hydrogens (primary N) is 1. The molecule has 0 unspecified atom stereocenters. The molecule has 0 fully saturated rings. The van der Waals surface area contributed by atoms with Crippen LogP contribution in [-0.4, -0.2) is 52.1 Å². The molecule has 0 saturated carbocycles. The third-order valence-corrected chi connectivity index (χ3v) is 10.3. The van der Waals surface area contributed by atoms with E-state index in [1.165, 1.54) is 48.3 Å². The van der Waals surface area contributed by atoms with E-state index in [4.69, 9.17) is 37.7 Å². The Morgan fingerprint density at radius 3 is 1.49 bits per heavy atom. The van der Waals surface area contributed by atoms with E-state index in [0.717, 1.165) is 43.7 Å². The minimum absolute atomic E-state index is 0.0594. The molecule has 3 heterocycles. The minimum atomic E-state index is -0.0671. The van der Waals surface area contributed by atoms with Gasteiger partial charge < -0.3 is 31.3 Å². The Kier molecular flexibility index (Phi) is 20.7. The van der Waals surface area contributed by atoms with Crippen molar-refractivity contribution in [2.45, 2.75) is 27.7 Å². The Hall–Kier alpha value is -9.14. The van der Waals surface area contributed by atoms with Gasteiger partial charge in [0.15, 0.2) is 0 Å². The van der Waals surface area contributed by atoms with Crippen LogP contribution in [0.1, 0.15) is 44.4 Å². The van der Waals surface area contributed by atoms with Crippen molar-refractivity contribution in [3.63, 3.8) is 0 Å². The van der Waals surface area contributed by atoms with Crippen LogP contribution in [-0.2, 0) is 0 Å². The summed E-state index contributed by atoms with van der Waals surface area (Å²) in [5.41, 5.74) is 13.3. The number of para-hydroxylation sites is 3. The molecule has 0 aliphatic carbocycles. The molecular weight excluding hydrogens is 992 g/mol. The standard InChI is InChI=1S/C20H18N4O.C15H10N4O.C8H5ClN2.C7H6N2O.C5H9Br/c1-14(2)9-10-25-19-11-16(8-7-15(19)12-21)24-20-17-5-3-4-6-18(17)22-13-23-20;16-8-10-5-6-11(7-14(10)20)19-15-12-3-1-2-4-13(12)17-9-18-15;9-8-6-3-1-2-4-7(6)10-5-11-8;8-4-5-1-2-6(9)3-7(5)10;1-5(2)3-4-6/h3-9,11,13H,10H2,1-2H3,(H,22,23,24);1-7,9,20H,(H,17,18,19);1-5H;1-3,10H,9H2;3H,4H2,1-2H3. The summed E-state index contributed by atoms with van der Waals surface area (Å²) < 4.78 is 5.73. The molecule has 72 heavy (non-hydrogen) atoms. The number of hydrogen-bond donors (Lipinski definition) is 5. The van der Waals surface area contributed by atoms with Crippen molar-refractivity contribution in [2.75, 3.05) is 28.3 Å².